The van der Waals surface area contributed by atoms with E-state index in [1.807, 2.05) is 34.6 Å². The highest BCUT2D eigenvalue weighted by Crippen LogP contribution is 2.25. The number of nitrogens with zero attached hydrogens (tertiary/aromatic N) is 1. The number of benzene rings is 1. The average molecular weight is 277 g/mol. The molecule has 108 valence electrons. The molecule has 0 unspecified atom stereocenters. The van der Waals surface area contributed by atoms with Crippen molar-refractivity contribution in [2.45, 2.75) is 46.6 Å². The summed E-state index contributed by atoms with van der Waals surface area (Å²) in [6, 6.07) is 4.99. The van der Waals surface area contributed by atoms with Gasteiger partial charge in [0.05, 0.1) is 5.52 Å². The zero-order chi connectivity index (χ0) is 15.1. The minimum atomic E-state index is -0.562. The van der Waals surface area contributed by atoms with Crippen molar-refractivity contribution in [1.82, 2.24) is 4.57 Å². The molecule has 0 radical (unpaired) electrons. The van der Waals surface area contributed by atoms with Gasteiger partial charge in [-0.25, -0.2) is 13.8 Å². The molecule has 0 atom stereocenters. The quantitative estimate of drug-likeness (QED) is 0.772. The lowest BCUT2D eigenvalue weighted by molar-refractivity contribution is 0.0541. The van der Waals surface area contributed by atoms with Crippen LogP contribution in [0.2, 0.25) is 0 Å². The van der Waals surface area contributed by atoms with E-state index in [1.165, 1.54) is 10.6 Å². The first-order valence-corrected chi connectivity index (χ1v) is 6.76. The third-order valence-corrected chi connectivity index (χ3v) is 3.11. The second-order valence-corrected chi connectivity index (χ2v) is 5.96. The van der Waals surface area contributed by atoms with Crippen molar-refractivity contribution in [1.29, 1.82) is 0 Å². The van der Waals surface area contributed by atoms with Gasteiger partial charge in [0.25, 0.3) is 0 Å². The Kier molecular flexibility index (Phi) is 3.59. The zero-order valence-electron chi connectivity index (χ0n) is 12.6. The monoisotopic (exact) mass is 277 g/mol. The van der Waals surface area contributed by atoms with Crippen LogP contribution in [0.15, 0.2) is 18.2 Å². The van der Waals surface area contributed by atoms with Crippen LogP contribution in [-0.2, 0) is 11.2 Å². The van der Waals surface area contributed by atoms with E-state index in [0.717, 1.165) is 5.69 Å². The third-order valence-electron chi connectivity index (χ3n) is 3.11. The van der Waals surface area contributed by atoms with Crippen molar-refractivity contribution in [2.24, 2.45) is 0 Å². The molecule has 1 aromatic heterocycles. The number of carbonyl (C=O) groups is 1. The molecule has 1 heterocycles. The van der Waals surface area contributed by atoms with Crippen LogP contribution in [0.3, 0.4) is 0 Å². The van der Waals surface area contributed by atoms with Gasteiger partial charge >= 0.3 is 6.09 Å². The maximum absolute atomic E-state index is 13.8. The van der Waals surface area contributed by atoms with E-state index in [4.69, 9.17) is 4.74 Å². The second kappa shape index (κ2) is 4.93. The van der Waals surface area contributed by atoms with Gasteiger partial charge in [-0.05, 0) is 57.9 Å². The van der Waals surface area contributed by atoms with E-state index in [9.17, 15) is 9.18 Å². The number of fused-ring (bicyclic) bond motifs is 1. The van der Waals surface area contributed by atoms with Crippen LogP contribution >= 0.6 is 0 Å². The number of halogens is 1. The summed E-state index contributed by atoms with van der Waals surface area (Å²) in [5.74, 6) is -0.235. The normalized spacial score (nSPS) is 11.9. The first-order valence-electron chi connectivity index (χ1n) is 6.76. The topological polar surface area (TPSA) is 31.2 Å². The fourth-order valence-electron chi connectivity index (χ4n) is 2.23. The molecule has 0 saturated heterocycles. The summed E-state index contributed by atoms with van der Waals surface area (Å²) in [6.45, 7) is 9.17. The Morgan fingerprint density at radius 3 is 2.50 bits per heavy atom. The molecule has 20 heavy (non-hydrogen) atoms. The first-order chi connectivity index (χ1) is 9.23. The summed E-state index contributed by atoms with van der Waals surface area (Å²) in [4.78, 5) is 12.3. The third kappa shape index (κ3) is 2.69. The molecule has 0 bridgehead atoms. The van der Waals surface area contributed by atoms with Gasteiger partial charge in [-0.1, -0.05) is 6.92 Å². The number of hydrogen-bond donors (Lipinski definition) is 0. The van der Waals surface area contributed by atoms with E-state index in [-0.39, 0.29) is 5.82 Å². The molecular formula is C16H20FNO2. The van der Waals surface area contributed by atoms with E-state index < -0.39 is 11.7 Å². The Morgan fingerprint density at radius 1 is 1.30 bits per heavy atom. The maximum Gasteiger partial charge on any atom is 0.419 e. The number of rotatable bonds is 1. The Balaban J connectivity index is 2.58. The number of hydrogen-bond acceptors (Lipinski definition) is 2. The predicted octanol–water partition coefficient (Wildman–Crippen LogP) is 4.43. The summed E-state index contributed by atoms with van der Waals surface area (Å²) in [5, 5.41) is 0.711. The van der Waals surface area contributed by atoms with Gasteiger partial charge in [0, 0.05) is 11.1 Å². The number of ether oxygens (including phenoxy) is 1. The summed E-state index contributed by atoms with van der Waals surface area (Å²) in [6.07, 6.45) is 0.152. The fraction of sp³-hybridized carbons (Fsp3) is 0.438. The summed E-state index contributed by atoms with van der Waals surface area (Å²) >= 11 is 0. The van der Waals surface area contributed by atoms with E-state index in [1.54, 1.807) is 12.1 Å². The largest absolute Gasteiger partial charge is 0.443 e. The highest BCUT2D eigenvalue weighted by atomic mass is 19.1. The summed E-state index contributed by atoms with van der Waals surface area (Å²) in [7, 11) is 0. The molecule has 0 spiro atoms. The van der Waals surface area contributed by atoms with Crippen LogP contribution in [0.25, 0.3) is 10.9 Å². The first kappa shape index (κ1) is 14.6. The van der Waals surface area contributed by atoms with Crippen LogP contribution in [0.1, 0.15) is 39.0 Å². The van der Waals surface area contributed by atoms with E-state index in [2.05, 4.69) is 0 Å². The van der Waals surface area contributed by atoms with Crippen molar-refractivity contribution in [3.05, 3.63) is 35.3 Å². The molecule has 0 amide bonds. The molecule has 0 aliphatic carbocycles. The van der Waals surface area contributed by atoms with E-state index >= 15 is 0 Å². The smallest absolute Gasteiger partial charge is 0.419 e. The van der Waals surface area contributed by atoms with Gasteiger partial charge in [-0.15, -0.1) is 0 Å². The Bertz CT molecular complexity index is 665. The number of carbonyl (C=O) groups excluding carboxylic acids is 1. The molecule has 0 saturated carbocycles. The number of aryl methyl sites for hydroxylation is 2. The van der Waals surface area contributed by atoms with Crippen molar-refractivity contribution in [2.75, 3.05) is 0 Å². The lowest BCUT2D eigenvalue weighted by Gasteiger charge is -2.20. The Labute approximate surface area is 118 Å². The Hall–Kier alpha value is -1.84. The minimum Gasteiger partial charge on any atom is -0.443 e. The van der Waals surface area contributed by atoms with Gasteiger partial charge in [-0.3, -0.25) is 0 Å². The molecule has 1 aromatic carbocycles. The van der Waals surface area contributed by atoms with Crippen molar-refractivity contribution in [3.8, 4) is 0 Å². The predicted molar refractivity (Wildman–Crippen MR) is 77.6 cm³/mol. The summed E-state index contributed by atoms with van der Waals surface area (Å²) in [5.41, 5.74) is 1.46. The summed E-state index contributed by atoms with van der Waals surface area (Å²) < 4.78 is 20.7. The Morgan fingerprint density at radius 2 is 1.95 bits per heavy atom. The molecule has 2 rings (SSSR count). The van der Waals surface area contributed by atoms with Gasteiger partial charge in [0.15, 0.2) is 0 Å². The van der Waals surface area contributed by atoms with Crippen LogP contribution in [0, 0.1) is 12.7 Å². The number of aromatic nitrogens is 1. The highest BCUT2D eigenvalue weighted by Gasteiger charge is 2.21. The molecular weight excluding hydrogens is 257 g/mol. The van der Waals surface area contributed by atoms with E-state index in [0.29, 0.717) is 22.9 Å². The zero-order valence-corrected chi connectivity index (χ0v) is 12.6. The molecule has 0 fully saturated rings. The van der Waals surface area contributed by atoms with Crippen molar-refractivity contribution >= 4 is 17.0 Å². The molecule has 0 aliphatic heterocycles. The van der Waals surface area contributed by atoms with Crippen molar-refractivity contribution < 1.29 is 13.9 Å². The molecule has 0 aliphatic rings. The lowest BCUT2D eigenvalue weighted by Crippen LogP contribution is -2.27. The molecule has 2 aromatic rings. The van der Waals surface area contributed by atoms with Gasteiger partial charge in [0.1, 0.15) is 11.4 Å². The minimum absolute atomic E-state index is 0.235. The molecule has 0 N–H and O–H groups in total. The standard InChI is InChI=1S/C16H20FNO2/c1-6-11-9-14-12(8-13(11)17)7-10(2)18(14)15(19)20-16(3,4)5/h7-9H,6H2,1-5H3. The fourth-order valence-corrected chi connectivity index (χ4v) is 2.23. The second-order valence-electron chi connectivity index (χ2n) is 5.96. The average Bonchev–Trinajstić information content (AvgIpc) is 2.60. The van der Waals surface area contributed by atoms with Gasteiger partial charge in [0.2, 0.25) is 0 Å². The lowest BCUT2D eigenvalue weighted by atomic mass is 10.1. The van der Waals surface area contributed by atoms with Gasteiger partial charge in [-0.2, -0.15) is 0 Å². The van der Waals surface area contributed by atoms with Gasteiger partial charge < -0.3 is 4.74 Å². The molecule has 3 nitrogen and oxygen atoms in total. The maximum atomic E-state index is 13.8. The SMILES string of the molecule is CCc1cc2c(cc1F)cc(C)n2C(=O)OC(C)(C)C. The molecule has 4 heteroatoms. The highest BCUT2D eigenvalue weighted by molar-refractivity contribution is 5.91. The van der Waals surface area contributed by atoms with Crippen LogP contribution in [-0.4, -0.2) is 16.3 Å². The van der Waals surface area contributed by atoms with Crippen LogP contribution in [0.4, 0.5) is 9.18 Å². The van der Waals surface area contributed by atoms with Crippen LogP contribution < -0.4 is 0 Å². The van der Waals surface area contributed by atoms with Crippen LogP contribution in [0.5, 0.6) is 0 Å². The van der Waals surface area contributed by atoms with Crippen molar-refractivity contribution in [3.63, 3.8) is 0 Å².